The molecule has 7 heteroatoms. The predicted molar refractivity (Wildman–Crippen MR) is 130 cm³/mol. The van der Waals surface area contributed by atoms with E-state index in [9.17, 15) is 9.59 Å². The Bertz CT molecular complexity index is 1220. The van der Waals surface area contributed by atoms with Gasteiger partial charge < -0.3 is 24.3 Å². The summed E-state index contributed by atoms with van der Waals surface area (Å²) in [5, 5.41) is 1.10. The molecule has 1 N–H and O–H groups in total. The number of aromatic nitrogens is 1. The maximum absolute atomic E-state index is 13.7. The van der Waals surface area contributed by atoms with E-state index in [1.54, 1.807) is 16.9 Å². The number of ether oxygens (including phenoxy) is 2. The lowest BCUT2D eigenvalue weighted by Crippen LogP contribution is -2.63. The summed E-state index contributed by atoms with van der Waals surface area (Å²) < 4.78 is 11.1. The van der Waals surface area contributed by atoms with Crippen LogP contribution in [0.4, 0.5) is 0 Å². The number of aromatic amines is 1. The first-order valence-corrected chi connectivity index (χ1v) is 11.9. The van der Waals surface area contributed by atoms with Gasteiger partial charge in [-0.1, -0.05) is 30.3 Å². The predicted octanol–water partition coefficient (Wildman–Crippen LogP) is 3.68. The monoisotopic (exact) mass is 461 g/mol. The second-order valence-corrected chi connectivity index (χ2v) is 9.30. The first-order valence-electron chi connectivity index (χ1n) is 11.9. The van der Waals surface area contributed by atoms with Gasteiger partial charge in [-0.3, -0.25) is 9.59 Å². The third kappa shape index (κ3) is 3.94. The van der Waals surface area contributed by atoms with Crippen molar-refractivity contribution in [2.45, 2.75) is 44.9 Å². The average molecular weight is 462 g/mol. The summed E-state index contributed by atoms with van der Waals surface area (Å²) >= 11 is 0. The average Bonchev–Trinajstić information content (AvgIpc) is 3.21. The van der Waals surface area contributed by atoms with E-state index in [1.807, 2.05) is 56.3 Å². The number of rotatable bonds is 7. The van der Waals surface area contributed by atoms with Crippen LogP contribution in [0.5, 0.6) is 5.75 Å². The number of nitrogens with zero attached hydrogens (tertiary/aromatic N) is 2. The molecule has 1 fully saturated rings. The van der Waals surface area contributed by atoms with Gasteiger partial charge in [-0.2, -0.15) is 0 Å². The van der Waals surface area contributed by atoms with Crippen molar-refractivity contribution in [3.05, 3.63) is 65.4 Å². The first-order chi connectivity index (χ1) is 16.5. The van der Waals surface area contributed by atoms with Crippen molar-refractivity contribution < 1.29 is 19.1 Å². The molecule has 34 heavy (non-hydrogen) atoms. The van der Waals surface area contributed by atoms with E-state index in [-0.39, 0.29) is 30.5 Å². The highest BCUT2D eigenvalue weighted by Gasteiger charge is 2.48. The standard InChI is InChI=1S/C27H31N3O4/c1-17(2)34-13-7-12-29-16-24(31)30-23(27(29)32)15-21-20-10-4-5-11-22(20)28-25(21)26(30)18-8-6-9-19(14-18)33-3/h4-6,8-11,14,17,23,26,28H,7,12-13,15-16H2,1-3H3/t23-,26-/m0/s1. The molecule has 7 nitrogen and oxygen atoms in total. The minimum Gasteiger partial charge on any atom is -0.497 e. The molecule has 0 spiro atoms. The van der Waals surface area contributed by atoms with Gasteiger partial charge in [0.25, 0.3) is 0 Å². The summed E-state index contributed by atoms with van der Waals surface area (Å²) in [7, 11) is 1.63. The molecule has 3 heterocycles. The molecule has 0 saturated carbocycles. The van der Waals surface area contributed by atoms with Crippen LogP contribution in [0, 0.1) is 0 Å². The fourth-order valence-electron chi connectivity index (χ4n) is 5.25. The van der Waals surface area contributed by atoms with Crippen molar-refractivity contribution in [3.63, 3.8) is 0 Å². The summed E-state index contributed by atoms with van der Waals surface area (Å²) in [4.78, 5) is 34.3. The van der Waals surface area contributed by atoms with Crippen molar-refractivity contribution in [1.29, 1.82) is 0 Å². The molecule has 0 radical (unpaired) electrons. The van der Waals surface area contributed by atoms with Gasteiger partial charge in [0.1, 0.15) is 11.8 Å². The molecule has 0 unspecified atom stereocenters. The molecule has 2 aliphatic rings. The zero-order valence-corrected chi connectivity index (χ0v) is 19.9. The number of amides is 2. The molecule has 2 aromatic carbocycles. The molecule has 5 rings (SSSR count). The van der Waals surface area contributed by atoms with Gasteiger partial charge in [0.15, 0.2) is 0 Å². The Hall–Kier alpha value is -3.32. The molecule has 2 atom stereocenters. The van der Waals surface area contributed by atoms with Gasteiger partial charge in [0.05, 0.1) is 25.8 Å². The quantitative estimate of drug-likeness (QED) is 0.545. The van der Waals surface area contributed by atoms with Crippen LogP contribution in [-0.2, 0) is 20.7 Å². The van der Waals surface area contributed by atoms with Crippen molar-refractivity contribution in [3.8, 4) is 5.75 Å². The summed E-state index contributed by atoms with van der Waals surface area (Å²) in [5.41, 5.74) is 4.03. The van der Waals surface area contributed by atoms with Gasteiger partial charge in [-0.15, -0.1) is 0 Å². The smallest absolute Gasteiger partial charge is 0.246 e. The third-order valence-corrected chi connectivity index (χ3v) is 6.78. The van der Waals surface area contributed by atoms with Crippen LogP contribution in [0.2, 0.25) is 0 Å². The summed E-state index contributed by atoms with van der Waals surface area (Å²) in [6.07, 6.45) is 1.36. The zero-order valence-electron chi connectivity index (χ0n) is 19.9. The van der Waals surface area contributed by atoms with Crippen LogP contribution >= 0.6 is 0 Å². The fraction of sp³-hybridized carbons (Fsp3) is 0.407. The van der Waals surface area contributed by atoms with E-state index in [1.165, 1.54) is 0 Å². The molecule has 1 aromatic heterocycles. The molecular weight excluding hydrogens is 430 g/mol. The summed E-state index contributed by atoms with van der Waals surface area (Å²) in [6, 6.07) is 15.0. The molecule has 2 amide bonds. The Morgan fingerprint density at radius 2 is 1.94 bits per heavy atom. The lowest BCUT2D eigenvalue weighted by Gasteiger charge is -2.47. The number of hydrogen-bond acceptors (Lipinski definition) is 4. The molecule has 2 aliphatic heterocycles. The highest BCUT2D eigenvalue weighted by Crippen LogP contribution is 2.43. The fourth-order valence-corrected chi connectivity index (χ4v) is 5.25. The highest BCUT2D eigenvalue weighted by molar-refractivity contribution is 5.97. The first kappa shape index (κ1) is 22.5. The van der Waals surface area contributed by atoms with Gasteiger partial charge >= 0.3 is 0 Å². The SMILES string of the molecule is COc1cccc([C@H]2c3[nH]c4ccccc4c3C[C@H]3C(=O)N(CCCOC(C)C)CC(=O)N23)c1. The van der Waals surface area contributed by atoms with Gasteiger partial charge in [-0.05, 0) is 49.6 Å². The van der Waals surface area contributed by atoms with Crippen LogP contribution in [0.1, 0.15) is 43.1 Å². The summed E-state index contributed by atoms with van der Waals surface area (Å²) in [6.45, 7) is 5.17. The maximum Gasteiger partial charge on any atom is 0.246 e. The van der Waals surface area contributed by atoms with E-state index in [0.717, 1.165) is 33.5 Å². The van der Waals surface area contributed by atoms with E-state index in [2.05, 4.69) is 11.1 Å². The summed E-state index contributed by atoms with van der Waals surface area (Å²) in [5.74, 6) is 0.694. The van der Waals surface area contributed by atoms with Crippen LogP contribution < -0.4 is 4.74 Å². The van der Waals surface area contributed by atoms with E-state index in [0.29, 0.717) is 26.0 Å². The molecule has 3 aromatic rings. The molecule has 0 aliphatic carbocycles. The Morgan fingerprint density at radius 3 is 2.74 bits per heavy atom. The number of piperazine rings is 1. The topological polar surface area (TPSA) is 74.9 Å². The number of hydrogen-bond donors (Lipinski definition) is 1. The van der Waals surface area contributed by atoms with Crippen LogP contribution in [0.15, 0.2) is 48.5 Å². The van der Waals surface area contributed by atoms with Crippen molar-refractivity contribution >= 4 is 22.7 Å². The van der Waals surface area contributed by atoms with Crippen LogP contribution in [-0.4, -0.2) is 65.6 Å². The van der Waals surface area contributed by atoms with Gasteiger partial charge in [-0.25, -0.2) is 0 Å². The minimum absolute atomic E-state index is 0.00738. The second kappa shape index (κ2) is 9.14. The molecule has 1 saturated heterocycles. The Morgan fingerprint density at radius 1 is 1.12 bits per heavy atom. The zero-order chi connectivity index (χ0) is 23.8. The number of H-pyrrole nitrogens is 1. The Labute approximate surface area is 199 Å². The number of methoxy groups -OCH3 is 1. The number of benzene rings is 2. The van der Waals surface area contributed by atoms with Crippen molar-refractivity contribution in [2.24, 2.45) is 0 Å². The van der Waals surface area contributed by atoms with Crippen molar-refractivity contribution in [2.75, 3.05) is 26.8 Å². The number of para-hydroxylation sites is 1. The van der Waals surface area contributed by atoms with E-state index in [4.69, 9.17) is 9.47 Å². The molecular formula is C27H31N3O4. The second-order valence-electron chi connectivity index (χ2n) is 9.30. The Kier molecular flexibility index (Phi) is 6.04. The van der Waals surface area contributed by atoms with Gasteiger partial charge in [0, 0.05) is 36.2 Å². The third-order valence-electron chi connectivity index (χ3n) is 6.78. The maximum atomic E-state index is 13.7. The molecule has 178 valence electrons. The number of carbonyl (C=O) groups excluding carboxylic acids is 2. The normalized spacial score (nSPS) is 20.1. The Balaban J connectivity index is 1.54. The van der Waals surface area contributed by atoms with E-state index < -0.39 is 6.04 Å². The van der Waals surface area contributed by atoms with Crippen LogP contribution in [0.3, 0.4) is 0 Å². The molecule has 0 bridgehead atoms. The minimum atomic E-state index is -0.532. The lowest BCUT2D eigenvalue weighted by molar-refractivity contribution is -0.158. The number of carbonyl (C=O) groups is 2. The number of fused-ring (bicyclic) bond motifs is 4. The largest absolute Gasteiger partial charge is 0.497 e. The van der Waals surface area contributed by atoms with Gasteiger partial charge in [0.2, 0.25) is 11.8 Å². The lowest BCUT2D eigenvalue weighted by atomic mass is 9.86. The highest BCUT2D eigenvalue weighted by atomic mass is 16.5. The van der Waals surface area contributed by atoms with Crippen LogP contribution in [0.25, 0.3) is 10.9 Å². The van der Waals surface area contributed by atoms with E-state index >= 15 is 0 Å². The number of nitrogens with one attached hydrogen (secondary N) is 1. The van der Waals surface area contributed by atoms with Crippen molar-refractivity contribution in [1.82, 2.24) is 14.8 Å².